The maximum Gasteiger partial charge on any atom is 0.203 e. The van der Waals surface area contributed by atoms with Gasteiger partial charge in [-0.2, -0.15) is 0 Å². The fourth-order valence-electron chi connectivity index (χ4n) is 1.81. The Kier molecular flexibility index (Phi) is 3.06. The lowest BCUT2D eigenvalue weighted by atomic mass is 10.1. The maximum absolute atomic E-state index is 13.5. The van der Waals surface area contributed by atoms with Gasteiger partial charge in [-0.1, -0.05) is 19.1 Å². The minimum absolute atomic E-state index is 0.0883. The van der Waals surface area contributed by atoms with Crippen LogP contribution in [0, 0.1) is 5.82 Å². The molecule has 0 fully saturated rings. The van der Waals surface area contributed by atoms with Crippen LogP contribution in [-0.4, -0.2) is 28.3 Å². The van der Waals surface area contributed by atoms with Crippen LogP contribution in [0.4, 0.5) is 4.39 Å². The van der Waals surface area contributed by atoms with E-state index >= 15 is 0 Å². The normalized spacial score (nSPS) is 17.3. The fraction of sp³-hybridized carbons (Fsp3) is 0.273. The molecule has 0 unspecified atom stereocenters. The molecular formula is C11H11FO4S2. The van der Waals surface area contributed by atoms with Crippen LogP contribution in [0.15, 0.2) is 28.5 Å². The first-order chi connectivity index (χ1) is 8.27. The summed E-state index contributed by atoms with van der Waals surface area (Å²) in [6, 6.07) is 3.82. The van der Waals surface area contributed by atoms with Gasteiger partial charge in [0.2, 0.25) is 9.84 Å². The second kappa shape index (κ2) is 4.17. The zero-order valence-corrected chi connectivity index (χ0v) is 11.2. The van der Waals surface area contributed by atoms with Crippen LogP contribution in [-0.2, 0) is 19.7 Å². The fourth-order valence-corrected chi connectivity index (χ4v) is 4.38. The van der Waals surface area contributed by atoms with Crippen molar-refractivity contribution in [1.82, 2.24) is 0 Å². The van der Waals surface area contributed by atoms with Gasteiger partial charge in [0.1, 0.15) is 10.7 Å². The average molecular weight is 290 g/mol. The molecular weight excluding hydrogens is 279 g/mol. The summed E-state index contributed by atoms with van der Waals surface area (Å²) in [5, 5.41) is 0.841. The molecule has 1 heterocycles. The molecule has 7 heteroatoms. The van der Waals surface area contributed by atoms with Gasteiger partial charge in [0.25, 0.3) is 0 Å². The molecule has 0 aliphatic carbocycles. The number of fused-ring (bicyclic) bond motifs is 1. The van der Waals surface area contributed by atoms with Gasteiger partial charge in [-0.05, 0) is 11.6 Å². The van der Waals surface area contributed by atoms with Crippen molar-refractivity contribution in [3.05, 3.63) is 35.0 Å². The average Bonchev–Trinajstić information content (AvgIpc) is 2.51. The zero-order chi connectivity index (χ0) is 13.6. The van der Waals surface area contributed by atoms with Gasteiger partial charge in [-0.3, -0.25) is 0 Å². The van der Waals surface area contributed by atoms with E-state index in [0.29, 0.717) is 0 Å². The highest BCUT2D eigenvalue weighted by Gasteiger charge is 2.31. The standard InChI is InChI=1S/C11H11FO4S2/c1-2-17(13,14)6-8-7-18(15,16)11-9(8)4-3-5-10(11)12/h3-5,7H,2,6H2,1H3. The van der Waals surface area contributed by atoms with Crippen LogP contribution < -0.4 is 0 Å². The Balaban J connectivity index is 2.60. The summed E-state index contributed by atoms with van der Waals surface area (Å²) < 4.78 is 60.1. The third-order valence-electron chi connectivity index (χ3n) is 2.71. The molecule has 0 saturated carbocycles. The van der Waals surface area contributed by atoms with Crippen molar-refractivity contribution in [2.45, 2.75) is 11.8 Å². The van der Waals surface area contributed by atoms with Gasteiger partial charge in [0.15, 0.2) is 9.84 Å². The zero-order valence-electron chi connectivity index (χ0n) is 9.55. The van der Waals surface area contributed by atoms with Crippen LogP contribution in [0.25, 0.3) is 5.57 Å². The second-order valence-corrected chi connectivity index (χ2v) is 8.07. The summed E-state index contributed by atoms with van der Waals surface area (Å²) in [6.45, 7) is 1.48. The van der Waals surface area contributed by atoms with Crippen LogP contribution in [0.5, 0.6) is 0 Å². The quantitative estimate of drug-likeness (QED) is 0.843. The summed E-state index contributed by atoms with van der Waals surface area (Å²) in [6.07, 6.45) is 0. The smallest absolute Gasteiger partial charge is 0.203 e. The van der Waals surface area contributed by atoms with E-state index in [1.807, 2.05) is 0 Å². The number of halogens is 1. The van der Waals surface area contributed by atoms with Crippen molar-refractivity contribution in [2.75, 3.05) is 11.5 Å². The van der Waals surface area contributed by atoms with Crippen molar-refractivity contribution in [3.63, 3.8) is 0 Å². The van der Waals surface area contributed by atoms with Crippen molar-refractivity contribution < 1.29 is 21.2 Å². The molecule has 0 radical (unpaired) electrons. The lowest BCUT2D eigenvalue weighted by Crippen LogP contribution is -2.09. The molecule has 18 heavy (non-hydrogen) atoms. The van der Waals surface area contributed by atoms with Crippen molar-refractivity contribution in [2.24, 2.45) is 0 Å². The SMILES string of the molecule is CCS(=O)(=O)CC1=CS(=O)(=O)c2c(F)cccc21. The van der Waals surface area contributed by atoms with Gasteiger partial charge >= 0.3 is 0 Å². The van der Waals surface area contributed by atoms with E-state index in [1.54, 1.807) is 0 Å². The Morgan fingerprint density at radius 2 is 1.94 bits per heavy atom. The molecule has 0 saturated heterocycles. The molecule has 98 valence electrons. The number of hydrogen-bond donors (Lipinski definition) is 0. The number of sulfone groups is 2. The van der Waals surface area contributed by atoms with Gasteiger partial charge in [0, 0.05) is 16.7 Å². The monoisotopic (exact) mass is 290 g/mol. The molecule has 0 bridgehead atoms. The van der Waals surface area contributed by atoms with E-state index < -0.39 is 30.4 Å². The molecule has 1 aromatic carbocycles. The lowest BCUT2D eigenvalue weighted by Gasteiger charge is -2.04. The third-order valence-corrected chi connectivity index (χ3v) is 5.92. The predicted octanol–water partition coefficient (Wildman–Crippen LogP) is 1.39. The first-order valence-corrected chi connectivity index (χ1v) is 8.58. The van der Waals surface area contributed by atoms with Crippen LogP contribution in [0.3, 0.4) is 0 Å². The summed E-state index contributed by atoms with van der Waals surface area (Å²) in [4.78, 5) is -0.425. The largest absolute Gasteiger partial charge is 0.229 e. The molecule has 2 rings (SSSR count). The van der Waals surface area contributed by atoms with Crippen LogP contribution in [0.1, 0.15) is 12.5 Å². The predicted molar refractivity (Wildman–Crippen MR) is 65.9 cm³/mol. The topological polar surface area (TPSA) is 68.3 Å². The van der Waals surface area contributed by atoms with Crippen molar-refractivity contribution >= 4 is 25.2 Å². The molecule has 0 atom stereocenters. The first-order valence-electron chi connectivity index (χ1n) is 5.22. The van der Waals surface area contributed by atoms with Crippen molar-refractivity contribution in [3.8, 4) is 0 Å². The summed E-state index contributed by atoms with van der Waals surface area (Å²) in [5.74, 6) is -1.33. The van der Waals surface area contributed by atoms with E-state index in [-0.39, 0.29) is 22.6 Å². The second-order valence-electron chi connectivity index (χ2n) is 3.98. The number of rotatable bonds is 3. The van der Waals surface area contributed by atoms with Gasteiger partial charge in [-0.15, -0.1) is 0 Å². The molecule has 0 spiro atoms. The molecule has 4 nitrogen and oxygen atoms in total. The molecule has 0 aromatic heterocycles. The highest BCUT2D eigenvalue weighted by atomic mass is 32.2. The molecule has 1 aromatic rings. The Hall–Kier alpha value is -1.21. The highest BCUT2D eigenvalue weighted by Crippen LogP contribution is 2.35. The molecule has 0 N–H and O–H groups in total. The third kappa shape index (κ3) is 2.20. The maximum atomic E-state index is 13.5. The van der Waals surface area contributed by atoms with Crippen LogP contribution in [0.2, 0.25) is 0 Å². The Labute approximate surface area is 105 Å². The van der Waals surface area contributed by atoms with E-state index in [9.17, 15) is 21.2 Å². The van der Waals surface area contributed by atoms with E-state index in [2.05, 4.69) is 0 Å². The van der Waals surface area contributed by atoms with Crippen molar-refractivity contribution in [1.29, 1.82) is 0 Å². The first kappa shape index (κ1) is 13.2. The van der Waals surface area contributed by atoms with Gasteiger partial charge in [0.05, 0.1) is 5.75 Å². The summed E-state index contributed by atoms with van der Waals surface area (Å²) in [7, 11) is -7.23. The van der Waals surface area contributed by atoms with E-state index in [0.717, 1.165) is 11.5 Å². The van der Waals surface area contributed by atoms with Gasteiger partial charge in [-0.25, -0.2) is 21.2 Å². The Morgan fingerprint density at radius 1 is 1.28 bits per heavy atom. The molecule has 0 amide bonds. The Bertz CT molecular complexity index is 730. The molecule has 1 aliphatic heterocycles. The summed E-state index contributed by atoms with van der Waals surface area (Å²) in [5.41, 5.74) is 0.276. The lowest BCUT2D eigenvalue weighted by molar-refractivity contribution is 0.573. The summed E-state index contributed by atoms with van der Waals surface area (Å²) >= 11 is 0. The van der Waals surface area contributed by atoms with Crippen LogP contribution >= 0.6 is 0 Å². The van der Waals surface area contributed by atoms with E-state index in [1.165, 1.54) is 19.1 Å². The highest BCUT2D eigenvalue weighted by molar-refractivity contribution is 7.95. The Morgan fingerprint density at radius 3 is 2.56 bits per heavy atom. The van der Waals surface area contributed by atoms with Gasteiger partial charge < -0.3 is 0 Å². The minimum atomic E-state index is -3.87. The van der Waals surface area contributed by atoms with E-state index in [4.69, 9.17) is 0 Å². The number of hydrogen-bond acceptors (Lipinski definition) is 4. The minimum Gasteiger partial charge on any atom is -0.229 e. The number of benzene rings is 1. The molecule has 1 aliphatic rings.